The smallest absolute Gasteiger partial charge is 0.280 e. The highest BCUT2D eigenvalue weighted by Gasteiger charge is 2.05. The van der Waals surface area contributed by atoms with Crippen LogP contribution in [0.5, 0.6) is 0 Å². The van der Waals surface area contributed by atoms with E-state index in [0.29, 0.717) is 15.7 Å². The number of H-pyrrole nitrogens is 1. The maximum absolute atomic E-state index is 13.0. The Kier molecular flexibility index (Phi) is 3.71. The first kappa shape index (κ1) is 12.7. The molecular weight excluding hydrogens is 308 g/mol. The van der Waals surface area contributed by atoms with Gasteiger partial charge >= 0.3 is 0 Å². The van der Waals surface area contributed by atoms with E-state index < -0.39 is 11.6 Å². The van der Waals surface area contributed by atoms with Gasteiger partial charge in [0.05, 0.1) is 11.9 Å². The normalized spacial score (nSPS) is 10.4. The Morgan fingerprint density at radius 1 is 1.33 bits per heavy atom. The van der Waals surface area contributed by atoms with Crippen molar-refractivity contribution in [3.8, 4) is 0 Å². The molecule has 2 N–H and O–H groups in total. The monoisotopic (exact) mass is 315 g/mol. The number of aromatic nitrogens is 2. The van der Waals surface area contributed by atoms with E-state index in [9.17, 15) is 13.6 Å². The average molecular weight is 316 g/mol. The first-order valence-corrected chi connectivity index (χ1v) is 5.78. The second-order valence-corrected chi connectivity index (χ2v) is 4.32. The van der Waals surface area contributed by atoms with Crippen LogP contribution >= 0.6 is 15.9 Å². The zero-order chi connectivity index (χ0) is 13.1. The minimum Gasteiger partial charge on any atom is -0.379 e. The van der Waals surface area contributed by atoms with Gasteiger partial charge in [0.25, 0.3) is 5.56 Å². The summed E-state index contributed by atoms with van der Waals surface area (Å²) in [4.78, 5) is 11.2. The van der Waals surface area contributed by atoms with E-state index >= 15 is 0 Å². The Labute approximate surface area is 109 Å². The SMILES string of the molecule is O=c1[nH]ncc(NCc2ccc(F)c(F)c2)c1Br. The van der Waals surface area contributed by atoms with Crippen molar-refractivity contribution in [1.29, 1.82) is 0 Å². The highest BCUT2D eigenvalue weighted by atomic mass is 79.9. The van der Waals surface area contributed by atoms with Crippen molar-refractivity contribution >= 4 is 21.6 Å². The van der Waals surface area contributed by atoms with E-state index in [1.165, 1.54) is 12.3 Å². The molecule has 0 atom stereocenters. The lowest BCUT2D eigenvalue weighted by atomic mass is 10.2. The molecule has 0 amide bonds. The van der Waals surface area contributed by atoms with E-state index in [-0.39, 0.29) is 12.1 Å². The van der Waals surface area contributed by atoms with Crippen molar-refractivity contribution < 1.29 is 8.78 Å². The minimum absolute atomic E-state index is 0.251. The predicted molar refractivity (Wildman–Crippen MR) is 66.2 cm³/mol. The molecule has 18 heavy (non-hydrogen) atoms. The fraction of sp³-hybridized carbons (Fsp3) is 0.0909. The molecule has 94 valence electrons. The minimum atomic E-state index is -0.905. The molecule has 7 heteroatoms. The topological polar surface area (TPSA) is 57.8 Å². The third-order valence-electron chi connectivity index (χ3n) is 2.26. The molecule has 0 aliphatic heterocycles. The fourth-order valence-corrected chi connectivity index (χ4v) is 1.68. The van der Waals surface area contributed by atoms with Gasteiger partial charge in [-0.1, -0.05) is 6.07 Å². The number of benzene rings is 1. The van der Waals surface area contributed by atoms with Crippen molar-refractivity contribution in [1.82, 2.24) is 10.2 Å². The highest BCUT2D eigenvalue weighted by Crippen LogP contribution is 2.17. The Morgan fingerprint density at radius 3 is 2.83 bits per heavy atom. The molecule has 2 aromatic rings. The summed E-state index contributed by atoms with van der Waals surface area (Å²) in [5.41, 5.74) is 0.662. The second-order valence-electron chi connectivity index (χ2n) is 3.53. The molecule has 0 radical (unpaired) electrons. The third-order valence-corrected chi connectivity index (χ3v) is 3.05. The molecular formula is C11H8BrF2N3O. The maximum atomic E-state index is 13.0. The summed E-state index contributed by atoms with van der Waals surface area (Å²) in [7, 11) is 0. The molecule has 0 fully saturated rings. The zero-order valence-corrected chi connectivity index (χ0v) is 10.6. The van der Waals surface area contributed by atoms with E-state index in [1.807, 2.05) is 0 Å². The number of nitrogens with zero attached hydrogens (tertiary/aromatic N) is 1. The van der Waals surface area contributed by atoms with Gasteiger partial charge in [0.15, 0.2) is 11.6 Å². The largest absolute Gasteiger partial charge is 0.379 e. The molecule has 0 aliphatic rings. The van der Waals surface area contributed by atoms with E-state index in [2.05, 4.69) is 31.4 Å². The quantitative estimate of drug-likeness (QED) is 0.914. The standard InChI is InChI=1S/C11H8BrF2N3O/c12-10-9(5-16-17-11(10)18)15-4-6-1-2-7(13)8(14)3-6/h1-3,5H,4H2,(H2,15,17,18). The van der Waals surface area contributed by atoms with E-state index in [4.69, 9.17) is 0 Å². The summed E-state index contributed by atoms with van der Waals surface area (Å²) in [6.45, 7) is 0.251. The summed E-state index contributed by atoms with van der Waals surface area (Å²) in [5, 5.41) is 8.78. The van der Waals surface area contributed by atoms with Crippen LogP contribution in [0.3, 0.4) is 0 Å². The zero-order valence-electron chi connectivity index (χ0n) is 9.01. The molecule has 1 aromatic carbocycles. The maximum Gasteiger partial charge on any atom is 0.280 e. The van der Waals surface area contributed by atoms with Crippen molar-refractivity contribution in [2.24, 2.45) is 0 Å². The van der Waals surface area contributed by atoms with Crippen LogP contribution in [0, 0.1) is 11.6 Å². The van der Waals surface area contributed by atoms with Gasteiger partial charge in [0.1, 0.15) is 4.47 Å². The van der Waals surface area contributed by atoms with Crippen LogP contribution < -0.4 is 10.9 Å². The van der Waals surface area contributed by atoms with Gasteiger partial charge in [-0.05, 0) is 33.6 Å². The van der Waals surface area contributed by atoms with Crippen LogP contribution in [0.25, 0.3) is 0 Å². The lowest BCUT2D eigenvalue weighted by Crippen LogP contribution is -2.12. The molecule has 1 aromatic heterocycles. The molecule has 1 heterocycles. The summed E-state index contributed by atoms with van der Waals surface area (Å²) in [6.07, 6.45) is 1.42. The van der Waals surface area contributed by atoms with Gasteiger partial charge in [-0.15, -0.1) is 0 Å². The van der Waals surface area contributed by atoms with Gasteiger partial charge in [-0.3, -0.25) is 4.79 Å². The Morgan fingerprint density at radius 2 is 2.11 bits per heavy atom. The Bertz CT molecular complexity index is 630. The molecule has 2 rings (SSSR count). The van der Waals surface area contributed by atoms with Crippen LogP contribution in [-0.2, 0) is 6.54 Å². The Balaban J connectivity index is 2.14. The molecule has 0 aliphatic carbocycles. The van der Waals surface area contributed by atoms with Crippen LogP contribution in [0.1, 0.15) is 5.56 Å². The van der Waals surface area contributed by atoms with Crippen molar-refractivity contribution in [2.75, 3.05) is 5.32 Å². The fourth-order valence-electron chi connectivity index (χ4n) is 1.35. The number of halogens is 3. The molecule has 0 bridgehead atoms. The lowest BCUT2D eigenvalue weighted by Gasteiger charge is -2.07. The summed E-state index contributed by atoms with van der Waals surface area (Å²) in [6, 6.07) is 3.61. The number of nitrogens with one attached hydrogen (secondary N) is 2. The van der Waals surface area contributed by atoms with E-state index in [0.717, 1.165) is 12.1 Å². The van der Waals surface area contributed by atoms with Crippen molar-refractivity contribution in [3.05, 3.63) is 56.4 Å². The first-order valence-electron chi connectivity index (χ1n) is 4.99. The van der Waals surface area contributed by atoms with Gasteiger partial charge in [0.2, 0.25) is 0 Å². The highest BCUT2D eigenvalue weighted by molar-refractivity contribution is 9.10. The molecule has 0 unspecified atom stereocenters. The molecule has 0 saturated carbocycles. The van der Waals surface area contributed by atoms with Crippen molar-refractivity contribution in [2.45, 2.75) is 6.54 Å². The van der Waals surface area contributed by atoms with Gasteiger partial charge in [-0.2, -0.15) is 5.10 Å². The Hall–Kier alpha value is -1.76. The third kappa shape index (κ3) is 2.73. The number of hydrogen-bond acceptors (Lipinski definition) is 3. The van der Waals surface area contributed by atoms with Gasteiger partial charge in [-0.25, -0.2) is 13.9 Å². The van der Waals surface area contributed by atoms with Crippen LogP contribution in [0.2, 0.25) is 0 Å². The number of anilines is 1. The van der Waals surface area contributed by atoms with Gasteiger partial charge in [0, 0.05) is 6.54 Å². The second kappa shape index (κ2) is 5.26. The predicted octanol–water partition coefficient (Wildman–Crippen LogP) is 2.42. The lowest BCUT2D eigenvalue weighted by molar-refractivity contribution is 0.507. The van der Waals surface area contributed by atoms with Crippen molar-refractivity contribution in [3.63, 3.8) is 0 Å². The summed E-state index contributed by atoms with van der Waals surface area (Å²) in [5.74, 6) is -1.80. The molecule has 0 spiro atoms. The summed E-state index contributed by atoms with van der Waals surface area (Å²) < 4.78 is 26.0. The molecule has 0 saturated heterocycles. The summed E-state index contributed by atoms with van der Waals surface area (Å²) >= 11 is 3.10. The van der Waals surface area contributed by atoms with Crippen LogP contribution in [0.4, 0.5) is 14.5 Å². The van der Waals surface area contributed by atoms with Crippen LogP contribution in [-0.4, -0.2) is 10.2 Å². The molecule has 4 nitrogen and oxygen atoms in total. The number of hydrogen-bond donors (Lipinski definition) is 2. The number of rotatable bonds is 3. The first-order chi connectivity index (χ1) is 8.58. The van der Waals surface area contributed by atoms with E-state index in [1.54, 1.807) is 0 Å². The van der Waals surface area contributed by atoms with Gasteiger partial charge < -0.3 is 5.32 Å². The van der Waals surface area contributed by atoms with Crippen LogP contribution in [0.15, 0.2) is 33.7 Å². The number of aromatic amines is 1. The average Bonchev–Trinajstić information content (AvgIpc) is 2.35.